The molecule has 3 saturated heterocycles. The van der Waals surface area contributed by atoms with E-state index in [1.54, 1.807) is 22.7 Å². The van der Waals surface area contributed by atoms with Gasteiger partial charge in [0.15, 0.2) is 0 Å². The van der Waals surface area contributed by atoms with E-state index in [1.165, 1.54) is 0 Å². The first-order valence-electron chi connectivity index (χ1n) is 11.8. The smallest absolute Gasteiger partial charge is 0.248 e. The Morgan fingerprint density at radius 2 is 2.09 bits per heavy atom. The number of rotatable bonds is 8. The van der Waals surface area contributed by atoms with Gasteiger partial charge in [0.1, 0.15) is 6.04 Å². The second kappa shape index (κ2) is 9.99. The van der Waals surface area contributed by atoms with Crippen molar-refractivity contribution in [2.24, 2.45) is 11.8 Å². The van der Waals surface area contributed by atoms with E-state index in [0.29, 0.717) is 30.1 Å². The summed E-state index contributed by atoms with van der Waals surface area (Å²) in [6.45, 7) is 6.02. The van der Waals surface area contributed by atoms with E-state index in [-0.39, 0.29) is 34.4 Å². The van der Waals surface area contributed by atoms with Crippen molar-refractivity contribution in [2.75, 3.05) is 18.5 Å². The first-order chi connectivity index (χ1) is 16.2. The largest absolute Gasteiger partial charge is 0.394 e. The number of carbonyl (C=O) groups excluding carboxylic acids is 3. The summed E-state index contributed by atoms with van der Waals surface area (Å²) in [6.07, 6.45) is 1.89. The highest BCUT2D eigenvalue weighted by atomic mass is 79.9. The molecule has 0 aliphatic carbocycles. The standard InChI is InChI=1S/C24H31BrClN3O4S/c1-4-9-27-21(31)16-17-23(33)29(13(5-2)11-30)20(24(17)10-14(25)19(16)34-24)22(32)28-18-12(3)7-6-8-15(18)26/h6-8,13-14,16-17,19-20,30H,4-5,9-11H2,1-3H3,(H,27,31)(H,28,32)/t13-,14?,16-,17-,19-,20?,24?/m0/s1. The number of amides is 3. The summed E-state index contributed by atoms with van der Waals surface area (Å²) in [7, 11) is 0. The number of aliphatic hydroxyl groups is 1. The van der Waals surface area contributed by atoms with Gasteiger partial charge in [-0.15, -0.1) is 11.8 Å². The number of benzene rings is 1. The summed E-state index contributed by atoms with van der Waals surface area (Å²) in [5.74, 6) is -1.83. The highest BCUT2D eigenvalue weighted by Gasteiger charge is 2.76. The zero-order chi connectivity index (χ0) is 24.8. The number of carbonyl (C=O) groups is 3. The highest BCUT2D eigenvalue weighted by Crippen LogP contribution is 2.68. The molecule has 186 valence electrons. The third kappa shape index (κ3) is 3.96. The zero-order valence-electron chi connectivity index (χ0n) is 19.5. The van der Waals surface area contributed by atoms with Gasteiger partial charge in [-0.25, -0.2) is 0 Å². The molecule has 0 saturated carbocycles. The zero-order valence-corrected chi connectivity index (χ0v) is 22.7. The molecule has 1 aromatic carbocycles. The van der Waals surface area contributed by atoms with E-state index < -0.39 is 28.7 Å². The first kappa shape index (κ1) is 25.8. The van der Waals surface area contributed by atoms with Crippen LogP contribution in [-0.4, -0.2) is 67.8 Å². The van der Waals surface area contributed by atoms with Crippen molar-refractivity contribution in [3.8, 4) is 0 Å². The molecule has 3 unspecified atom stereocenters. The van der Waals surface area contributed by atoms with Crippen LogP contribution in [-0.2, 0) is 14.4 Å². The molecule has 1 aromatic rings. The van der Waals surface area contributed by atoms with Crippen LogP contribution >= 0.6 is 39.3 Å². The van der Waals surface area contributed by atoms with Gasteiger partial charge in [0.25, 0.3) is 0 Å². The molecular weight excluding hydrogens is 542 g/mol. The Labute approximate surface area is 217 Å². The SMILES string of the molecule is CCCNC(=O)[C@H]1[C@H]2C(=O)N([C@@H](CC)CO)C(C(=O)Nc3c(C)cccc3Cl)C23CC(Br)[C@@H]1S3. The summed E-state index contributed by atoms with van der Waals surface area (Å²) in [5.41, 5.74) is 1.34. The monoisotopic (exact) mass is 571 g/mol. The van der Waals surface area contributed by atoms with Gasteiger partial charge in [-0.3, -0.25) is 14.4 Å². The van der Waals surface area contributed by atoms with Crippen molar-refractivity contribution >= 4 is 62.7 Å². The number of para-hydroxylation sites is 1. The molecule has 3 fully saturated rings. The summed E-state index contributed by atoms with van der Waals surface area (Å²) >= 11 is 11.7. The predicted molar refractivity (Wildman–Crippen MR) is 138 cm³/mol. The lowest BCUT2D eigenvalue weighted by Gasteiger charge is -2.37. The van der Waals surface area contributed by atoms with Crippen molar-refractivity contribution in [2.45, 2.75) is 66.9 Å². The minimum atomic E-state index is -0.822. The maximum Gasteiger partial charge on any atom is 0.248 e. The normalized spacial score (nSPS) is 32.6. The number of hydrogen-bond donors (Lipinski definition) is 3. The number of fused-ring (bicyclic) bond motifs is 1. The molecule has 3 aliphatic heterocycles. The summed E-state index contributed by atoms with van der Waals surface area (Å²) in [4.78, 5) is 42.6. The van der Waals surface area contributed by atoms with Crippen LogP contribution in [0.1, 0.15) is 38.7 Å². The minimum absolute atomic E-state index is 0.00503. The van der Waals surface area contributed by atoms with Crippen LogP contribution in [0, 0.1) is 18.8 Å². The highest BCUT2D eigenvalue weighted by molar-refractivity contribution is 9.09. The van der Waals surface area contributed by atoms with Crippen LogP contribution in [0.2, 0.25) is 5.02 Å². The molecule has 2 bridgehead atoms. The average Bonchev–Trinajstić information content (AvgIpc) is 3.39. The predicted octanol–water partition coefficient (Wildman–Crippen LogP) is 3.35. The number of hydrogen-bond acceptors (Lipinski definition) is 5. The average molecular weight is 573 g/mol. The van der Waals surface area contributed by atoms with Crippen molar-refractivity contribution in [3.05, 3.63) is 28.8 Å². The number of halogens is 2. The third-order valence-electron chi connectivity index (χ3n) is 7.37. The first-order valence-corrected chi connectivity index (χ1v) is 14.0. The molecule has 10 heteroatoms. The summed E-state index contributed by atoms with van der Waals surface area (Å²) in [5, 5.41) is 16.4. The summed E-state index contributed by atoms with van der Waals surface area (Å²) in [6, 6.07) is 4.06. The molecule has 3 amide bonds. The Morgan fingerprint density at radius 1 is 1.35 bits per heavy atom. The molecule has 7 nitrogen and oxygen atoms in total. The fourth-order valence-electron chi connectivity index (χ4n) is 5.82. The molecular formula is C24H31BrClN3O4S. The number of nitrogens with one attached hydrogen (secondary N) is 2. The van der Waals surface area contributed by atoms with Gasteiger partial charge >= 0.3 is 0 Å². The second-order valence-corrected chi connectivity index (χ2v) is 12.5. The molecule has 3 N–H and O–H groups in total. The molecule has 1 spiro atoms. The van der Waals surface area contributed by atoms with Crippen LogP contribution in [0.5, 0.6) is 0 Å². The molecule has 0 aromatic heterocycles. The van der Waals surface area contributed by atoms with Crippen LogP contribution in [0.15, 0.2) is 18.2 Å². The van der Waals surface area contributed by atoms with Crippen LogP contribution < -0.4 is 10.6 Å². The maximum atomic E-state index is 13.9. The fourth-order valence-corrected chi connectivity index (χ4v) is 9.69. The number of nitrogens with zero attached hydrogens (tertiary/aromatic N) is 1. The fraction of sp³-hybridized carbons (Fsp3) is 0.625. The molecule has 4 rings (SSSR count). The molecule has 7 atom stereocenters. The van der Waals surface area contributed by atoms with Gasteiger partial charge in [0, 0.05) is 16.6 Å². The maximum absolute atomic E-state index is 13.9. The molecule has 34 heavy (non-hydrogen) atoms. The van der Waals surface area contributed by atoms with Crippen molar-refractivity contribution in [1.29, 1.82) is 0 Å². The third-order valence-corrected chi connectivity index (χ3v) is 10.9. The molecule has 3 aliphatic rings. The van der Waals surface area contributed by atoms with Crippen LogP contribution in [0.4, 0.5) is 5.69 Å². The lowest BCUT2D eigenvalue weighted by atomic mass is 9.70. The van der Waals surface area contributed by atoms with Crippen LogP contribution in [0.3, 0.4) is 0 Å². The summed E-state index contributed by atoms with van der Waals surface area (Å²) < 4.78 is -0.758. The number of aryl methyl sites for hydroxylation is 1. The lowest BCUT2D eigenvalue weighted by molar-refractivity contribution is -0.142. The van der Waals surface area contributed by atoms with E-state index in [2.05, 4.69) is 26.6 Å². The van der Waals surface area contributed by atoms with E-state index >= 15 is 0 Å². The van der Waals surface area contributed by atoms with Gasteiger partial charge in [-0.05, 0) is 37.8 Å². The van der Waals surface area contributed by atoms with Crippen molar-refractivity contribution < 1.29 is 19.5 Å². The Balaban J connectivity index is 1.77. The van der Waals surface area contributed by atoms with Gasteiger partial charge < -0.3 is 20.6 Å². The van der Waals surface area contributed by atoms with Gasteiger partial charge in [-0.1, -0.05) is 53.5 Å². The number of alkyl halides is 1. The van der Waals surface area contributed by atoms with Crippen LogP contribution in [0.25, 0.3) is 0 Å². The molecule has 0 radical (unpaired) electrons. The quantitative estimate of drug-likeness (QED) is 0.415. The van der Waals surface area contributed by atoms with Gasteiger partial charge in [-0.2, -0.15) is 0 Å². The second-order valence-electron chi connectivity index (χ2n) is 9.37. The Kier molecular flexibility index (Phi) is 7.58. The van der Waals surface area contributed by atoms with Gasteiger partial charge in [0.05, 0.1) is 39.9 Å². The Hall–Kier alpha value is -1.29. The van der Waals surface area contributed by atoms with E-state index in [0.717, 1.165) is 12.0 Å². The van der Waals surface area contributed by atoms with Gasteiger partial charge in [0.2, 0.25) is 17.7 Å². The number of aliphatic hydroxyl groups excluding tert-OH is 1. The topological polar surface area (TPSA) is 98.7 Å². The van der Waals surface area contributed by atoms with Crippen molar-refractivity contribution in [3.63, 3.8) is 0 Å². The van der Waals surface area contributed by atoms with Crippen molar-refractivity contribution in [1.82, 2.24) is 10.2 Å². The van der Waals surface area contributed by atoms with E-state index in [4.69, 9.17) is 11.6 Å². The minimum Gasteiger partial charge on any atom is -0.394 e. The number of anilines is 1. The Bertz CT molecular complexity index is 973. The van der Waals surface area contributed by atoms with E-state index in [9.17, 15) is 19.5 Å². The van der Waals surface area contributed by atoms with E-state index in [1.807, 2.05) is 32.9 Å². The number of likely N-dealkylation sites (tertiary alicyclic amines) is 1. The molecule has 3 heterocycles. The Morgan fingerprint density at radius 3 is 2.71 bits per heavy atom. The number of thioether (sulfide) groups is 1. The lowest BCUT2D eigenvalue weighted by Crippen LogP contribution is -2.55.